The van der Waals surface area contributed by atoms with Gasteiger partial charge in [-0.25, -0.2) is 13.2 Å². The number of hydrogen-bond donors (Lipinski definition) is 2. The number of benzene rings is 1. The van der Waals surface area contributed by atoms with E-state index in [1.165, 1.54) is 6.07 Å². The molecule has 1 rings (SSSR count). The maximum Gasteiger partial charge on any atom is 0.261 e. The van der Waals surface area contributed by atoms with Crippen LogP contribution in [0.25, 0.3) is 0 Å². The molecule has 0 amide bonds. The van der Waals surface area contributed by atoms with E-state index in [-0.39, 0.29) is 28.3 Å². The number of ether oxygens (including phenoxy) is 1. The Morgan fingerprint density at radius 2 is 2.16 bits per heavy atom. The zero-order chi connectivity index (χ0) is 14.4. The van der Waals surface area contributed by atoms with Crippen molar-refractivity contribution >= 4 is 38.8 Å². The van der Waals surface area contributed by atoms with Gasteiger partial charge < -0.3 is 15.8 Å². The molecule has 0 atom stereocenters. The van der Waals surface area contributed by atoms with Crippen LogP contribution in [0.15, 0.2) is 16.6 Å². The molecule has 19 heavy (non-hydrogen) atoms. The minimum atomic E-state index is -2.50. The predicted octanol–water partition coefficient (Wildman–Crippen LogP) is 2.92. The van der Waals surface area contributed by atoms with Crippen LogP contribution in [0.1, 0.15) is 5.56 Å². The third-order valence-corrected chi connectivity index (χ3v) is 3.15. The molecule has 0 radical (unpaired) electrons. The predicted molar refractivity (Wildman–Crippen MR) is 75.3 cm³/mol. The monoisotopic (exact) mass is 356 g/mol. The molecule has 0 bridgehead atoms. The maximum absolute atomic E-state index is 13.9. The molecule has 0 saturated heterocycles. The van der Waals surface area contributed by atoms with E-state index in [4.69, 9.17) is 18.0 Å². The molecule has 0 fully saturated rings. The topological polar surface area (TPSA) is 47.3 Å². The normalized spacial score (nSPS) is 10.8. The van der Waals surface area contributed by atoms with Gasteiger partial charge in [0.1, 0.15) is 11.6 Å². The van der Waals surface area contributed by atoms with E-state index in [0.29, 0.717) is 5.56 Å². The highest BCUT2D eigenvalue weighted by molar-refractivity contribution is 9.10. The zero-order valence-electron chi connectivity index (χ0n) is 9.76. The number of nitrogens with one attached hydrogen (secondary N) is 1. The summed E-state index contributed by atoms with van der Waals surface area (Å²) in [6.07, 6.45) is -2.50. The fraction of sp³-hybridized carbons (Fsp3) is 0.364. The van der Waals surface area contributed by atoms with E-state index in [1.807, 2.05) is 0 Å². The molecular weight excluding hydrogens is 345 g/mol. The molecule has 8 heteroatoms. The largest absolute Gasteiger partial charge is 0.389 e. The van der Waals surface area contributed by atoms with Crippen molar-refractivity contribution in [2.75, 3.05) is 25.1 Å². The lowest BCUT2D eigenvalue weighted by atomic mass is 10.2. The molecule has 3 N–H and O–H groups in total. The third-order valence-electron chi connectivity index (χ3n) is 2.15. The van der Waals surface area contributed by atoms with Crippen LogP contribution in [-0.4, -0.2) is 31.2 Å². The number of halogens is 4. The van der Waals surface area contributed by atoms with Crippen molar-refractivity contribution in [2.45, 2.75) is 6.43 Å². The first-order valence-corrected chi connectivity index (χ1v) is 6.51. The van der Waals surface area contributed by atoms with E-state index in [1.54, 1.807) is 6.07 Å². The summed E-state index contributed by atoms with van der Waals surface area (Å²) in [5.41, 5.74) is 6.04. The van der Waals surface area contributed by atoms with Gasteiger partial charge >= 0.3 is 0 Å². The third kappa shape index (κ3) is 4.96. The summed E-state index contributed by atoms with van der Waals surface area (Å²) >= 11 is 7.83. The summed E-state index contributed by atoms with van der Waals surface area (Å²) < 4.78 is 42.3. The molecule has 106 valence electrons. The number of hydrogen-bond acceptors (Lipinski definition) is 3. The van der Waals surface area contributed by atoms with Crippen LogP contribution in [0.2, 0.25) is 0 Å². The Balaban J connectivity index is 2.56. The molecule has 0 spiro atoms. The summed E-state index contributed by atoms with van der Waals surface area (Å²) in [7, 11) is 0. The summed E-state index contributed by atoms with van der Waals surface area (Å²) in [4.78, 5) is 0.0811. The molecule has 3 nitrogen and oxygen atoms in total. The Morgan fingerprint density at radius 3 is 2.74 bits per heavy atom. The van der Waals surface area contributed by atoms with Crippen molar-refractivity contribution < 1.29 is 17.9 Å². The Hall–Kier alpha value is -0.860. The van der Waals surface area contributed by atoms with Crippen molar-refractivity contribution in [3.05, 3.63) is 28.0 Å². The van der Waals surface area contributed by atoms with E-state index in [9.17, 15) is 13.2 Å². The second kappa shape index (κ2) is 7.66. The Morgan fingerprint density at radius 1 is 1.47 bits per heavy atom. The Bertz CT molecular complexity index is 460. The highest BCUT2D eigenvalue weighted by Gasteiger charge is 2.12. The van der Waals surface area contributed by atoms with E-state index >= 15 is 0 Å². The van der Waals surface area contributed by atoms with Crippen LogP contribution in [-0.2, 0) is 4.74 Å². The molecule has 0 heterocycles. The minimum Gasteiger partial charge on any atom is -0.389 e. The SMILES string of the molecule is NC(=S)c1ccc(NCCOCC(F)F)c(F)c1Br. The van der Waals surface area contributed by atoms with Gasteiger partial charge in [0.15, 0.2) is 5.82 Å². The second-order valence-electron chi connectivity index (χ2n) is 3.55. The van der Waals surface area contributed by atoms with Crippen molar-refractivity contribution in [1.82, 2.24) is 0 Å². The fourth-order valence-electron chi connectivity index (χ4n) is 1.31. The highest BCUT2D eigenvalue weighted by atomic mass is 79.9. The van der Waals surface area contributed by atoms with Gasteiger partial charge in [-0.2, -0.15) is 0 Å². The number of nitrogens with two attached hydrogens (primary N) is 1. The van der Waals surface area contributed by atoms with Gasteiger partial charge in [-0.15, -0.1) is 0 Å². The molecule has 0 unspecified atom stereocenters. The first-order valence-electron chi connectivity index (χ1n) is 5.31. The Kier molecular flexibility index (Phi) is 6.53. The van der Waals surface area contributed by atoms with Gasteiger partial charge in [0.05, 0.1) is 16.8 Å². The molecule has 0 saturated carbocycles. The second-order valence-corrected chi connectivity index (χ2v) is 4.78. The van der Waals surface area contributed by atoms with Crippen LogP contribution < -0.4 is 11.1 Å². The van der Waals surface area contributed by atoms with E-state index < -0.39 is 18.8 Å². The van der Waals surface area contributed by atoms with Crippen molar-refractivity contribution in [3.8, 4) is 0 Å². The van der Waals surface area contributed by atoms with Gasteiger partial charge in [-0.1, -0.05) is 12.2 Å². The average Bonchev–Trinajstić information content (AvgIpc) is 2.33. The van der Waals surface area contributed by atoms with Gasteiger partial charge in [-0.05, 0) is 28.1 Å². The number of alkyl halides is 2. The van der Waals surface area contributed by atoms with Crippen molar-refractivity contribution in [2.24, 2.45) is 5.73 Å². The fourth-order valence-corrected chi connectivity index (χ4v) is 2.17. The lowest BCUT2D eigenvalue weighted by Gasteiger charge is -2.11. The number of thiocarbonyl (C=S) groups is 1. The van der Waals surface area contributed by atoms with Gasteiger partial charge in [0.25, 0.3) is 6.43 Å². The average molecular weight is 357 g/mol. The summed E-state index contributed by atoms with van der Waals surface area (Å²) in [6.45, 7) is -0.366. The minimum absolute atomic E-state index is 0.0540. The van der Waals surface area contributed by atoms with Crippen LogP contribution in [0.5, 0.6) is 0 Å². The molecular formula is C11H12BrF3N2OS. The molecule has 1 aromatic rings. The quantitative estimate of drug-likeness (QED) is 0.582. The summed E-state index contributed by atoms with van der Waals surface area (Å²) in [5, 5.41) is 2.73. The molecule has 0 aromatic heterocycles. The van der Waals surface area contributed by atoms with Crippen LogP contribution in [0.4, 0.5) is 18.9 Å². The van der Waals surface area contributed by atoms with Crippen LogP contribution in [0.3, 0.4) is 0 Å². The lowest BCUT2D eigenvalue weighted by molar-refractivity contribution is 0.0215. The molecule has 0 aliphatic rings. The smallest absolute Gasteiger partial charge is 0.261 e. The van der Waals surface area contributed by atoms with Crippen LogP contribution >= 0.6 is 28.1 Å². The first-order chi connectivity index (χ1) is 8.93. The van der Waals surface area contributed by atoms with Crippen molar-refractivity contribution in [1.29, 1.82) is 0 Å². The highest BCUT2D eigenvalue weighted by Crippen LogP contribution is 2.26. The maximum atomic E-state index is 13.9. The van der Waals surface area contributed by atoms with Crippen molar-refractivity contribution in [3.63, 3.8) is 0 Å². The summed E-state index contributed by atoms with van der Waals surface area (Å²) in [6, 6.07) is 3.04. The van der Waals surface area contributed by atoms with Gasteiger partial charge in [0, 0.05) is 12.1 Å². The number of anilines is 1. The molecule has 0 aliphatic carbocycles. The first kappa shape index (κ1) is 16.2. The Labute approximate surface area is 122 Å². The van der Waals surface area contributed by atoms with Gasteiger partial charge in [-0.3, -0.25) is 0 Å². The van der Waals surface area contributed by atoms with Crippen LogP contribution in [0, 0.1) is 5.82 Å². The molecule has 0 aliphatic heterocycles. The zero-order valence-corrected chi connectivity index (χ0v) is 12.2. The number of rotatable bonds is 7. The lowest BCUT2D eigenvalue weighted by Crippen LogP contribution is -2.15. The van der Waals surface area contributed by atoms with Gasteiger partial charge in [0.2, 0.25) is 0 Å². The summed E-state index contributed by atoms with van der Waals surface area (Å²) in [5.74, 6) is -0.542. The standard InChI is InChI=1S/C11H12BrF3N2OS/c12-9-6(11(16)19)1-2-7(10(9)15)17-3-4-18-5-8(13)14/h1-2,8,17H,3-5H2,(H2,16,19). The van der Waals surface area contributed by atoms with E-state index in [2.05, 4.69) is 26.0 Å². The molecule has 1 aromatic carbocycles. The van der Waals surface area contributed by atoms with E-state index in [0.717, 1.165) is 0 Å².